The van der Waals surface area contributed by atoms with Crippen molar-refractivity contribution >= 4 is 17.7 Å². The smallest absolute Gasteiger partial charge is 0.128 e. The fraction of sp³-hybridized carbons (Fsp3) is 0.200. The molecule has 0 radical (unpaired) electrons. The maximum Gasteiger partial charge on any atom is 0.128 e. The summed E-state index contributed by atoms with van der Waals surface area (Å²) in [6, 6.07) is 25.1. The fourth-order valence-electron chi connectivity index (χ4n) is 2.93. The first kappa shape index (κ1) is 20.2. The third-order valence-corrected chi connectivity index (χ3v) is 5.52. The van der Waals surface area contributed by atoms with Crippen LogP contribution < -0.4 is 4.74 Å². The zero-order valence-corrected chi connectivity index (χ0v) is 17.1. The van der Waals surface area contributed by atoms with Gasteiger partial charge in [0, 0.05) is 10.4 Å². The van der Waals surface area contributed by atoms with Crippen LogP contribution in [0.15, 0.2) is 84.9 Å². The summed E-state index contributed by atoms with van der Waals surface area (Å²) in [6.07, 6.45) is 3.76. The molecule has 28 heavy (non-hydrogen) atoms. The molecule has 0 aliphatic rings. The predicted octanol–water partition coefficient (Wildman–Crippen LogP) is 6.87. The van der Waals surface area contributed by atoms with Crippen molar-refractivity contribution in [1.82, 2.24) is 0 Å². The van der Waals surface area contributed by atoms with Gasteiger partial charge in [0.15, 0.2) is 0 Å². The van der Waals surface area contributed by atoms with Crippen LogP contribution in [-0.2, 0) is 5.41 Å². The van der Waals surface area contributed by atoms with Crippen molar-refractivity contribution in [1.29, 1.82) is 0 Å². The molecule has 3 rings (SSSR count). The SMILES string of the molecule is CC(O)(C=Cc1cccc(Oc2ccccc2)c1)C(C)(C)c1ccc(Cl)cc1. The first-order chi connectivity index (χ1) is 13.3. The van der Waals surface area contributed by atoms with Crippen molar-refractivity contribution in [3.8, 4) is 11.5 Å². The molecule has 144 valence electrons. The van der Waals surface area contributed by atoms with E-state index >= 15 is 0 Å². The molecule has 3 heteroatoms. The Labute approximate surface area is 172 Å². The summed E-state index contributed by atoms with van der Waals surface area (Å²) in [4.78, 5) is 0. The highest BCUT2D eigenvalue weighted by molar-refractivity contribution is 6.30. The Bertz CT molecular complexity index is 942. The van der Waals surface area contributed by atoms with E-state index in [-0.39, 0.29) is 0 Å². The Morgan fingerprint density at radius 3 is 2.14 bits per heavy atom. The molecule has 0 aromatic heterocycles. The van der Waals surface area contributed by atoms with Crippen LogP contribution in [0.3, 0.4) is 0 Å². The lowest BCUT2D eigenvalue weighted by Gasteiger charge is -2.38. The number of aliphatic hydroxyl groups is 1. The van der Waals surface area contributed by atoms with Gasteiger partial charge in [-0.25, -0.2) is 0 Å². The van der Waals surface area contributed by atoms with Crippen LogP contribution in [0, 0.1) is 0 Å². The van der Waals surface area contributed by atoms with Gasteiger partial charge in [-0.1, -0.05) is 80.1 Å². The predicted molar refractivity (Wildman–Crippen MR) is 117 cm³/mol. The lowest BCUT2D eigenvalue weighted by Crippen LogP contribution is -2.43. The van der Waals surface area contributed by atoms with Gasteiger partial charge in [0.05, 0.1) is 5.60 Å². The second-order valence-corrected chi connectivity index (χ2v) is 8.04. The van der Waals surface area contributed by atoms with Crippen LogP contribution in [0.2, 0.25) is 5.02 Å². The third-order valence-electron chi connectivity index (χ3n) is 5.27. The summed E-state index contributed by atoms with van der Waals surface area (Å²) in [5.41, 5.74) is 0.428. The lowest BCUT2D eigenvalue weighted by molar-refractivity contribution is 0.0392. The molecule has 0 saturated heterocycles. The van der Waals surface area contributed by atoms with Gasteiger partial charge in [0.1, 0.15) is 11.5 Å². The number of para-hydroxylation sites is 1. The molecule has 3 aromatic rings. The maximum atomic E-state index is 11.2. The van der Waals surface area contributed by atoms with E-state index in [2.05, 4.69) is 0 Å². The first-order valence-electron chi connectivity index (χ1n) is 9.28. The highest BCUT2D eigenvalue weighted by Crippen LogP contribution is 2.37. The van der Waals surface area contributed by atoms with Crippen molar-refractivity contribution < 1.29 is 9.84 Å². The Hall–Kier alpha value is -2.55. The van der Waals surface area contributed by atoms with E-state index in [0.29, 0.717) is 5.02 Å². The summed E-state index contributed by atoms with van der Waals surface area (Å²) in [5, 5.41) is 11.9. The average molecular weight is 393 g/mol. The molecule has 0 spiro atoms. The molecular weight excluding hydrogens is 368 g/mol. The average Bonchev–Trinajstić information content (AvgIpc) is 2.68. The van der Waals surface area contributed by atoms with Gasteiger partial charge in [0.2, 0.25) is 0 Å². The molecule has 0 aliphatic heterocycles. The van der Waals surface area contributed by atoms with Gasteiger partial charge in [0.25, 0.3) is 0 Å². The molecule has 2 nitrogen and oxygen atoms in total. The number of hydrogen-bond acceptors (Lipinski definition) is 2. The Morgan fingerprint density at radius 1 is 0.821 bits per heavy atom. The molecule has 1 atom stereocenters. The highest BCUT2D eigenvalue weighted by atomic mass is 35.5. The second kappa shape index (κ2) is 8.22. The molecule has 0 bridgehead atoms. The number of ether oxygens (including phenoxy) is 1. The molecule has 0 heterocycles. The lowest BCUT2D eigenvalue weighted by atomic mass is 9.70. The van der Waals surface area contributed by atoms with Crippen LogP contribution >= 0.6 is 11.6 Å². The van der Waals surface area contributed by atoms with Crippen LogP contribution in [0.1, 0.15) is 31.9 Å². The van der Waals surface area contributed by atoms with E-state index in [1.165, 1.54) is 0 Å². The van der Waals surface area contributed by atoms with Gasteiger partial charge < -0.3 is 9.84 Å². The Balaban J connectivity index is 1.80. The van der Waals surface area contributed by atoms with E-state index in [4.69, 9.17) is 16.3 Å². The van der Waals surface area contributed by atoms with Gasteiger partial charge >= 0.3 is 0 Å². The van der Waals surface area contributed by atoms with Gasteiger partial charge in [-0.05, 0) is 54.4 Å². The molecule has 0 fully saturated rings. The van der Waals surface area contributed by atoms with Gasteiger partial charge in [-0.2, -0.15) is 0 Å². The molecule has 0 aliphatic carbocycles. The van der Waals surface area contributed by atoms with Crippen molar-refractivity contribution in [3.63, 3.8) is 0 Å². The minimum Gasteiger partial charge on any atom is -0.457 e. The van der Waals surface area contributed by atoms with Crippen LogP contribution in [0.5, 0.6) is 11.5 Å². The quantitative estimate of drug-likeness (QED) is 0.495. The molecule has 0 saturated carbocycles. The van der Waals surface area contributed by atoms with Crippen molar-refractivity contribution in [2.24, 2.45) is 0 Å². The molecule has 3 aromatic carbocycles. The van der Waals surface area contributed by atoms with Crippen LogP contribution in [-0.4, -0.2) is 10.7 Å². The summed E-state index contributed by atoms with van der Waals surface area (Å²) >= 11 is 6.00. The summed E-state index contributed by atoms with van der Waals surface area (Å²) in [7, 11) is 0. The topological polar surface area (TPSA) is 29.5 Å². The second-order valence-electron chi connectivity index (χ2n) is 7.60. The zero-order valence-electron chi connectivity index (χ0n) is 16.4. The van der Waals surface area contributed by atoms with E-state index in [1.807, 2.05) is 112 Å². The number of halogens is 1. The normalized spacial score (nSPS) is 14.0. The van der Waals surface area contributed by atoms with E-state index in [9.17, 15) is 5.11 Å². The third kappa shape index (κ3) is 4.64. The van der Waals surface area contributed by atoms with E-state index < -0.39 is 11.0 Å². The monoisotopic (exact) mass is 392 g/mol. The standard InChI is InChI=1S/C25H25ClO2/c1-24(2,20-12-14-21(26)15-13-20)25(3,27)17-16-19-8-7-11-23(18-19)28-22-9-5-4-6-10-22/h4-18,27H,1-3H3. The number of rotatable bonds is 6. The van der Waals surface area contributed by atoms with Crippen molar-refractivity contribution in [3.05, 3.63) is 101 Å². The van der Waals surface area contributed by atoms with Crippen LogP contribution in [0.4, 0.5) is 0 Å². The maximum absolute atomic E-state index is 11.2. The van der Waals surface area contributed by atoms with Gasteiger partial charge in [-0.15, -0.1) is 0 Å². The summed E-state index contributed by atoms with van der Waals surface area (Å²) in [5.74, 6) is 1.55. The molecule has 1 N–H and O–H groups in total. The van der Waals surface area contributed by atoms with Gasteiger partial charge in [-0.3, -0.25) is 0 Å². The van der Waals surface area contributed by atoms with E-state index in [1.54, 1.807) is 0 Å². The minimum atomic E-state index is -1.06. The fourth-order valence-corrected chi connectivity index (χ4v) is 3.06. The largest absolute Gasteiger partial charge is 0.457 e. The van der Waals surface area contributed by atoms with Crippen LogP contribution in [0.25, 0.3) is 6.08 Å². The summed E-state index contributed by atoms with van der Waals surface area (Å²) < 4.78 is 5.89. The Kier molecular flexibility index (Phi) is 5.93. The minimum absolute atomic E-state index is 0.494. The summed E-state index contributed by atoms with van der Waals surface area (Å²) in [6.45, 7) is 5.87. The zero-order chi connectivity index (χ0) is 20.2. The van der Waals surface area contributed by atoms with Crippen molar-refractivity contribution in [2.75, 3.05) is 0 Å². The highest BCUT2D eigenvalue weighted by Gasteiger charge is 2.38. The van der Waals surface area contributed by atoms with E-state index in [0.717, 1.165) is 22.6 Å². The number of hydrogen-bond donors (Lipinski definition) is 1. The first-order valence-corrected chi connectivity index (χ1v) is 9.66. The molecular formula is C25H25ClO2. The van der Waals surface area contributed by atoms with Crippen molar-refractivity contribution in [2.45, 2.75) is 31.8 Å². The Morgan fingerprint density at radius 2 is 1.46 bits per heavy atom. The molecule has 1 unspecified atom stereocenters. The molecule has 0 amide bonds. The number of benzene rings is 3.